The monoisotopic (exact) mass is 283 g/mol. The van der Waals surface area contributed by atoms with Gasteiger partial charge in [0.1, 0.15) is 0 Å². The Morgan fingerprint density at radius 3 is 2.12 bits per heavy atom. The van der Waals surface area contributed by atoms with E-state index in [1.54, 1.807) is 0 Å². The largest absolute Gasteiger partial charge is 0.316 e. The highest BCUT2D eigenvalue weighted by atomic mass is 79.9. The van der Waals surface area contributed by atoms with Crippen LogP contribution < -0.4 is 5.32 Å². The predicted molar refractivity (Wildman–Crippen MR) is 74.7 cm³/mol. The lowest BCUT2D eigenvalue weighted by atomic mass is 9.87. The quantitative estimate of drug-likeness (QED) is 0.865. The van der Waals surface area contributed by atoms with Crippen LogP contribution in [-0.2, 0) is 6.42 Å². The first kappa shape index (κ1) is 13.7. The van der Waals surface area contributed by atoms with Crippen LogP contribution in [0.1, 0.15) is 26.3 Å². The van der Waals surface area contributed by atoms with Gasteiger partial charge in [0.2, 0.25) is 0 Å². The Morgan fingerprint density at radius 1 is 1.12 bits per heavy atom. The summed E-state index contributed by atoms with van der Waals surface area (Å²) < 4.78 is 1.15. The molecule has 0 aliphatic carbocycles. The Balaban J connectivity index is 2.66. The fourth-order valence-corrected chi connectivity index (χ4v) is 2.15. The van der Waals surface area contributed by atoms with E-state index in [1.165, 1.54) is 5.56 Å². The summed E-state index contributed by atoms with van der Waals surface area (Å²) in [6.07, 6.45) is 1.10. The Hall–Kier alpha value is -0.340. The second kappa shape index (κ2) is 6.41. The zero-order chi connectivity index (χ0) is 12.1. The van der Waals surface area contributed by atoms with Gasteiger partial charge in [0.15, 0.2) is 0 Å². The van der Waals surface area contributed by atoms with Crippen LogP contribution >= 0.6 is 15.9 Å². The fourth-order valence-electron chi connectivity index (χ4n) is 1.89. The molecule has 16 heavy (non-hydrogen) atoms. The third kappa shape index (κ3) is 3.91. The van der Waals surface area contributed by atoms with Crippen molar-refractivity contribution in [3.63, 3.8) is 0 Å². The van der Waals surface area contributed by atoms with Crippen molar-refractivity contribution in [1.29, 1.82) is 0 Å². The van der Waals surface area contributed by atoms with Crippen LogP contribution in [0.25, 0.3) is 0 Å². The highest BCUT2D eigenvalue weighted by Gasteiger charge is 2.18. The predicted octanol–water partition coefficient (Wildman–Crippen LogP) is 3.87. The minimum atomic E-state index is 0.557. The summed E-state index contributed by atoms with van der Waals surface area (Å²) in [6, 6.07) is 9.17. The van der Waals surface area contributed by atoms with E-state index in [0.29, 0.717) is 17.9 Å². The summed E-state index contributed by atoms with van der Waals surface area (Å²) >= 11 is 3.47. The van der Waals surface area contributed by atoms with Gasteiger partial charge >= 0.3 is 0 Å². The molecule has 0 heterocycles. The van der Waals surface area contributed by atoms with Gasteiger partial charge in [-0.2, -0.15) is 0 Å². The van der Waals surface area contributed by atoms with Gasteiger partial charge in [0, 0.05) is 10.5 Å². The molecule has 1 N–H and O–H groups in total. The van der Waals surface area contributed by atoms with E-state index in [2.05, 4.69) is 73.3 Å². The van der Waals surface area contributed by atoms with Crippen LogP contribution in [0.15, 0.2) is 28.7 Å². The van der Waals surface area contributed by atoms with Gasteiger partial charge in [-0.1, -0.05) is 48.8 Å². The van der Waals surface area contributed by atoms with E-state index >= 15 is 0 Å². The van der Waals surface area contributed by atoms with Crippen LogP contribution in [0.3, 0.4) is 0 Å². The molecular formula is C14H22BrN. The molecule has 0 saturated carbocycles. The van der Waals surface area contributed by atoms with Gasteiger partial charge in [0.05, 0.1) is 0 Å². The van der Waals surface area contributed by atoms with E-state index in [4.69, 9.17) is 0 Å². The van der Waals surface area contributed by atoms with Crippen molar-refractivity contribution in [2.75, 3.05) is 7.05 Å². The maximum atomic E-state index is 3.47. The number of hydrogen-bond donors (Lipinski definition) is 1. The van der Waals surface area contributed by atoms with Crippen molar-refractivity contribution < 1.29 is 0 Å². The lowest BCUT2D eigenvalue weighted by Crippen LogP contribution is -2.36. The van der Waals surface area contributed by atoms with Crippen molar-refractivity contribution in [2.24, 2.45) is 11.8 Å². The molecule has 2 unspecified atom stereocenters. The van der Waals surface area contributed by atoms with E-state index in [9.17, 15) is 0 Å². The van der Waals surface area contributed by atoms with Gasteiger partial charge in [-0.3, -0.25) is 0 Å². The van der Waals surface area contributed by atoms with Gasteiger partial charge in [-0.05, 0) is 43.0 Å². The molecule has 1 nitrogen and oxygen atoms in total. The molecule has 0 fully saturated rings. The van der Waals surface area contributed by atoms with E-state index in [-0.39, 0.29) is 0 Å². The zero-order valence-corrected chi connectivity index (χ0v) is 12.2. The Bertz CT molecular complexity index is 305. The minimum Gasteiger partial charge on any atom is -0.316 e. The molecule has 2 heteroatoms. The fraction of sp³-hybridized carbons (Fsp3) is 0.571. The minimum absolute atomic E-state index is 0.557. The van der Waals surface area contributed by atoms with Gasteiger partial charge in [-0.15, -0.1) is 0 Å². The summed E-state index contributed by atoms with van der Waals surface area (Å²) in [5.74, 6) is 1.40. The SMILES string of the molecule is CNC(Cc1ccc(Br)cc1)C(C)C(C)C. The maximum Gasteiger partial charge on any atom is 0.0175 e. The summed E-state index contributed by atoms with van der Waals surface area (Å²) in [4.78, 5) is 0. The summed E-state index contributed by atoms with van der Waals surface area (Å²) in [5.41, 5.74) is 1.40. The van der Waals surface area contributed by atoms with E-state index in [0.717, 1.165) is 10.9 Å². The van der Waals surface area contributed by atoms with Gasteiger partial charge in [0.25, 0.3) is 0 Å². The maximum absolute atomic E-state index is 3.47. The van der Waals surface area contributed by atoms with Crippen LogP contribution in [0.4, 0.5) is 0 Å². The number of likely N-dealkylation sites (N-methyl/N-ethyl adjacent to an activating group) is 1. The van der Waals surface area contributed by atoms with Crippen LogP contribution in [0, 0.1) is 11.8 Å². The molecule has 1 aromatic rings. The molecule has 90 valence electrons. The van der Waals surface area contributed by atoms with Gasteiger partial charge in [-0.25, -0.2) is 0 Å². The standard InChI is InChI=1S/C14H22BrN/c1-10(2)11(3)14(16-4)9-12-5-7-13(15)8-6-12/h5-8,10-11,14,16H,9H2,1-4H3. The topological polar surface area (TPSA) is 12.0 Å². The van der Waals surface area contributed by atoms with Crippen molar-refractivity contribution in [1.82, 2.24) is 5.32 Å². The smallest absolute Gasteiger partial charge is 0.0175 e. The van der Waals surface area contributed by atoms with Crippen molar-refractivity contribution in [3.8, 4) is 0 Å². The van der Waals surface area contributed by atoms with E-state index < -0.39 is 0 Å². The average molecular weight is 284 g/mol. The molecule has 0 amide bonds. The molecule has 0 aliphatic heterocycles. The first-order valence-corrected chi connectivity index (χ1v) is 6.75. The Labute approximate surface area is 108 Å². The van der Waals surface area contributed by atoms with Crippen LogP contribution in [0.5, 0.6) is 0 Å². The molecule has 0 aromatic heterocycles. The molecule has 0 saturated heterocycles. The second-order valence-corrected chi connectivity index (χ2v) is 5.74. The van der Waals surface area contributed by atoms with Crippen LogP contribution in [-0.4, -0.2) is 13.1 Å². The molecular weight excluding hydrogens is 262 g/mol. The van der Waals surface area contributed by atoms with Gasteiger partial charge < -0.3 is 5.32 Å². The number of rotatable bonds is 5. The number of halogens is 1. The van der Waals surface area contributed by atoms with Crippen molar-refractivity contribution in [3.05, 3.63) is 34.3 Å². The number of benzene rings is 1. The summed E-state index contributed by atoms with van der Waals surface area (Å²) in [7, 11) is 2.06. The Morgan fingerprint density at radius 2 is 1.69 bits per heavy atom. The van der Waals surface area contributed by atoms with E-state index in [1.807, 2.05) is 0 Å². The zero-order valence-electron chi connectivity index (χ0n) is 10.6. The van der Waals surface area contributed by atoms with Crippen molar-refractivity contribution in [2.45, 2.75) is 33.2 Å². The average Bonchev–Trinajstić information content (AvgIpc) is 2.27. The normalized spacial score (nSPS) is 15.1. The lowest BCUT2D eigenvalue weighted by Gasteiger charge is -2.26. The molecule has 0 bridgehead atoms. The molecule has 1 aromatic carbocycles. The van der Waals surface area contributed by atoms with Crippen LogP contribution in [0.2, 0.25) is 0 Å². The second-order valence-electron chi connectivity index (χ2n) is 4.83. The highest BCUT2D eigenvalue weighted by Crippen LogP contribution is 2.19. The van der Waals surface area contributed by atoms with Crippen molar-refractivity contribution >= 4 is 15.9 Å². The first-order chi connectivity index (χ1) is 7.54. The lowest BCUT2D eigenvalue weighted by molar-refractivity contribution is 0.310. The summed E-state index contributed by atoms with van der Waals surface area (Å²) in [5, 5.41) is 3.43. The molecule has 1 rings (SSSR count). The third-order valence-corrected chi connectivity index (χ3v) is 3.95. The molecule has 2 atom stereocenters. The Kier molecular flexibility index (Phi) is 5.50. The molecule has 0 spiro atoms. The molecule has 0 aliphatic rings. The number of hydrogen-bond acceptors (Lipinski definition) is 1. The molecule has 0 radical (unpaired) electrons. The first-order valence-electron chi connectivity index (χ1n) is 5.96. The third-order valence-electron chi connectivity index (χ3n) is 3.43. The highest BCUT2D eigenvalue weighted by molar-refractivity contribution is 9.10. The summed E-state index contributed by atoms with van der Waals surface area (Å²) in [6.45, 7) is 6.90. The number of nitrogens with one attached hydrogen (secondary N) is 1.